The summed E-state index contributed by atoms with van der Waals surface area (Å²) in [6, 6.07) is 6.31. The summed E-state index contributed by atoms with van der Waals surface area (Å²) < 4.78 is 0. The van der Waals surface area contributed by atoms with Crippen molar-refractivity contribution in [3.8, 4) is 0 Å². The minimum atomic E-state index is -0.00250. The first kappa shape index (κ1) is 17.5. The van der Waals surface area contributed by atoms with Gasteiger partial charge in [-0.15, -0.1) is 0 Å². The number of nitrogens with zero attached hydrogens (tertiary/aromatic N) is 1. The number of anilines is 1. The van der Waals surface area contributed by atoms with Crippen LogP contribution in [0.3, 0.4) is 0 Å². The van der Waals surface area contributed by atoms with Gasteiger partial charge in [0.25, 0.3) is 5.91 Å². The number of carbonyl (C=O) groups is 1. The van der Waals surface area contributed by atoms with Gasteiger partial charge in [-0.2, -0.15) is 0 Å². The van der Waals surface area contributed by atoms with Gasteiger partial charge in [-0.3, -0.25) is 4.79 Å². The van der Waals surface area contributed by atoms with Crippen molar-refractivity contribution in [3.05, 3.63) is 29.3 Å². The summed E-state index contributed by atoms with van der Waals surface area (Å²) >= 11 is 0. The second kappa shape index (κ2) is 8.67. The van der Waals surface area contributed by atoms with Crippen LogP contribution in [0.2, 0.25) is 0 Å². The van der Waals surface area contributed by atoms with E-state index in [1.807, 2.05) is 25.1 Å². The summed E-state index contributed by atoms with van der Waals surface area (Å²) in [4.78, 5) is 14.3. The minimum Gasteiger partial charge on any atom is -0.385 e. The summed E-state index contributed by atoms with van der Waals surface area (Å²) in [6.07, 6.45) is 1.09. The molecule has 4 heteroatoms. The average molecular weight is 291 g/mol. The SMILES string of the molecule is CCCNc1ccc(C(=O)NCCN(C)C(C)C)cc1C. The highest BCUT2D eigenvalue weighted by molar-refractivity contribution is 5.94. The molecule has 0 fully saturated rings. The van der Waals surface area contributed by atoms with Crippen LogP contribution in [0, 0.1) is 6.92 Å². The molecule has 0 saturated heterocycles. The zero-order chi connectivity index (χ0) is 15.8. The third-order valence-electron chi connectivity index (χ3n) is 3.69. The molecule has 0 radical (unpaired) electrons. The molecule has 1 rings (SSSR count). The lowest BCUT2D eigenvalue weighted by Crippen LogP contribution is -2.36. The Morgan fingerprint density at radius 1 is 1.29 bits per heavy atom. The predicted molar refractivity (Wildman–Crippen MR) is 90.1 cm³/mol. The van der Waals surface area contributed by atoms with Gasteiger partial charge in [-0.05, 0) is 58.0 Å². The number of rotatable bonds is 8. The first-order chi connectivity index (χ1) is 9.95. The molecule has 0 heterocycles. The molecule has 0 unspecified atom stereocenters. The number of aryl methyl sites for hydroxylation is 1. The Labute approximate surface area is 128 Å². The van der Waals surface area contributed by atoms with E-state index >= 15 is 0 Å². The zero-order valence-corrected chi connectivity index (χ0v) is 14.0. The zero-order valence-electron chi connectivity index (χ0n) is 14.0. The maximum Gasteiger partial charge on any atom is 0.251 e. The Kier molecular flexibility index (Phi) is 7.23. The molecule has 0 aliphatic rings. The van der Waals surface area contributed by atoms with Crippen molar-refractivity contribution in [1.29, 1.82) is 0 Å². The molecule has 0 bridgehead atoms. The second-order valence-electron chi connectivity index (χ2n) is 5.79. The van der Waals surface area contributed by atoms with Crippen LogP contribution >= 0.6 is 0 Å². The van der Waals surface area contributed by atoms with Gasteiger partial charge in [0.15, 0.2) is 0 Å². The maximum atomic E-state index is 12.1. The Morgan fingerprint density at radius 3 is 2.57 bits per heavy atom. The van der Waals surface area contributed by atoms with E-state index in [1.54, 1.807) is 0 Å². The van der Waals surface area contributed by atoms with E-state index < -0.39 is 0 Å². The summed E-state index contributed by atoms with van der Waals surface area (Å²) in [6.45, 7) is 10.9. The molecule has 2 N–H and O–H groups in total. The van der Waals surface area contributed by atoms with Crippen molar-refractivity contribution >= 4 is 11.6 Å². The Hall–Kier alpha value is -1.55. The normalized spacial score (nSPS) is 11.0. The standard InChI is InChI=1S/C17H29N3O/c1-6-9-18-16-8-7-15(12-14(16)4)17(21)19-10-11-20(5)13(2)3/h7-8,12-13,18H,6,9-11H2,1-5H3,(H,19,21). The van der Waals surface area contributed by atoms with Gasteiger partial charge in [0.2, 0.25) is 0 Å². The third kappa shape index (κ3) is 5.76. The van der Waals surface area contributed by atoms with Gasteiger partial charge in [0, 0.05) is 36.9 Å². The van der Waals surface area contributed by atoms with Crippen molar-refractivity contribution in [2.75, 3.05) is 32.0 Å². The quantitative estimate of drug-likeness (QED) is 0.774. The van der Waals surface area contributed by atoms with Crippen LogP contribution in [-0.4, -0.2) is 43.5 Å². The first-order valence-corrected chi connectivity index (χ1v) is 7.78. The number of amides is 1. The molecule has 0 atom stereocenters. The second-order valence-corrected chi connectivity index (χ2v) is 5.79. The van der Waals surface area contributed by atoms with Gasteiger partial charge in [0.1, 0.15) is 0 Å². The van der Waals surface area contributed by atoms with Crippen LogP contribution in [0.5, 0.6) is 0 Å². The lowest BCUT2D eigenvalue weighted by atomic mass is 10.1. The van der Waals surface area contributed by atoms with Gasteiger partial charge >= 0.3 is 0 Å². The smallest absolute Gasteiger partial charge is 0.251 e. The molecule has 118 valence electrons. The highest BCUT2D eigenvalue weighted by Gasteiger charge is 2.08. The monoisotopic (exact) mass is 291 g/mol. The van der Waals surface area contributed by atoms with Crippen LogP contribution in [0.4, 0.5) is 5.69 Å². The van der Waals surface area contributed by atoms with E-state index in [0.29, 0.717) is 12.6 Å². The van der Waals surface area contributed by atoms with Crippen molar-refractivity contribution in [2.45, 2.75) is 40.2 Å². The molecule has 1 amide bonds. The van der Waals surface area contributed by atoms with Crippen LogP contribution in [0.15, 0.2) is 18.2 Å². The predicted octanol–water partition coefficient (Wildman–Crippen LogP) is 2.89. The molecule has 0 spiro atoms. The maximum absolute atomic E-state index is 12.1. The van der Waals surface area contributed by atoms with Crippen molar-refractivity contribution < 1.29 is 4.79 Å². The third-order valence-corrected chi connectivity index (χ3v) is 3.69. The molecule has 0 aromatic heterocycles. The molecule has 0 saturated carbocycles. The highest BCUT2D eigenvalue weighted by atomic mass is 16.1. The lowest BCUT2D eigenvalue weighted by Gasteiger charge is -2.21. The molecule has 21 heavy (non-hydrogen) atoms. The van der Waals surface area contributed by atoms with Gasteiger partial charge in [0.05, 0.1) is 0 Å². The molecule has 1 aromatic rings. The molecule has 0 aliphatic heterocycles. The molecule has 1 aromatic carbocycles. The number of hydrogen-bond acceptors (Lipinski definition) is 3. The van der Waals surface area contributed by atoms with Crippen LogP contribution < -0.4 is 10.6 Å². The van der Waals surface area contributed by atoms with Crippen LogP contribution in [-0.2, 0) is 0 Å². The van der Waals surface area contributed by atoms with E-state index in [-0.39, 0.29) is 5.91 Å². The number of benzene rings is 1. The highest BCUT2D eigenvalue weighted by Crippen LogP contribution is 2.16. The summed E-state index contributed by atoms with van der Waals surface area (Å²) in [5, 5.41) is 6.33. The minimum absolute atomic E-state index is 0.00250. The van der Waals surface area contributed by atoms with E-state index in [4.69, 9.17) is 0 Å². The van der Waals surface area contributed by atoms with E-state index in [9.17, 15) is 4.79 Å². The van der Waals surface area contributed by atoms with Gasteiger partial charge in [-0.1, -0.05) is 6.92 Å². The average Bonchev–Trinajstić information content (AvgIpc) is 2.45. The topological polar surface area (TPSA) is 44.4 Å². The fraction of sp³-hybridized carbons (Fsp3) is 0.588. The van der Waals surface area contributed by atoms with E-state index in [1.165, 1.54) is 0 Å². The van der Waals surface area contributed by atoms with Crippen LogP contribution in [0.25, 0.3) is 0 Å². The number of carbonyl (C=O) groups excluding carboxylic acids is 1. The van der Waals surface area contributed by atoms with E-state index in [2.05, 4.69) is 43.4 Å². The van der Waals surface area contributed by atoms with Gasteiger partial charge < -0.3 is 15.5 Å². The summed E-state index contributed by atoms with van der Waals surface area (Å²) in [5.74, 6) is -0.00250. The van der Waals surface area contributed by atoms with Crippen molar-refractivity contribution in [2.24, 2.45) is 0 Å². The number of likely N-dealkylation sites (N-methyl/N-ethyl adjacent to an activating group) is 1. The van der Waals surface area contributed by atoms with Crippen molar-refractivity contribution in [1.82, 2.24) is 10.2 Å². The largest absolute Gasteiger partial charge is 0.385 e. The molecular weight excluding hydrogens is 262 g/mol. The van der Waals surface area contributed by atoms with E-state index in [0.717, 1.165) is 36.3 Å². The number of hydrogen-bond donors (Lipinski definition) is 2. The van der Waals surface area contributed by atoms with Crippen molar-refractivity contribution in [3.63, 3.8) is 0 Å². The molecule has 0 aliphatic carbocycles. The Morgan fingerprint density at radius 2 is 2.00 bits per heavy atom. The Bertz CT molecular complexity index is 457. The lowest BCUT2D eigenvalue weighted by molar-refractivity contribution is 0.0948. The Balaban J connectivity index is 2.53. The fourth-order valence-corrected chi connectivity index (χ4v) is 1.97. The molecular formula is C17H29N3O. The fourth-order valence-electron chi connectivity index (χ4n) is 1.97. The molecule has 4 nitrogen and oxygen atoms in total. The first-order valence-electron chi connectivity index (χ1n) is 7.78. The van der Waals surface area contributed by atoms with Crippen LogP contribution in [0.1, 0.15) is 43.1 Å². The van der Waals surface area contributed by atoms with Gasteiger partial charge in [-0.25, -0.2) is 0 Å². The summed E-state index contributed by atoms with van der Waals surface area (Å²) in [7, 11) is 2.06. The number of nitrogens with one attached hydrogen (secondary N) is 2. The summed E-state index contributed by atoms with van der Waals surface area (Å²) in [5.41, 5.74) is 2.94.